The van der Waals surface area contributed by atoms with Crippen molar-refractivity contribution in [2.75, 3.05) is 13.7 Å². The molecule has 1 aromatic rings. The summed E-state index contributed by atoms with van der Waals surface area (Å²) in [6.07, 6.45) is 0. The van der Waals surface area contributed by atoms with Crippen molar-refractivity contribution in [3.05, 3.63) is 32.9 Å². The van der Waals surface area contributed by atoms with Crippen LogP contribution in [0.4, 0.5) is 0 Å². The molecular weight excluding hydrogens is 349 g/mol. The number of ether oxygens (including phenoxy) is 1. The van der Waals surface area contributed by atoms with E-state index in [1.807, 2.05) is 13.0 Å². The smallest absolute Gasteiger partial charge is 0.328 e. The van der Waals surface area contributed by atoms with Gasteiger partial charge in [-0.1, -0.05) is 6.07 Å². The average molecular weight is 363 g/mol. The van der Waals surface area contributed by atoms with E-state index in [4.69, 9.17) is 9.84 Å². The van der Waals surface area contributed by atoms with Crippen LogP contribution in [0.25, 0.3) is 0 Å². The first-order valence-electron chi connectivity index (χ1n) is 5.24. The second kappa shape index (κ2) is 6.69. The Hall–Kier alpha value is -1.15. The zero-order valence-corrected chi connectivity index (χ0v) is 12.2. The molecule has 0 heterocycles. The van der Waals surface area contributed by atoms with E-state index < -0.39 is 17.9 Å². The molecule has 2 N–H and O–H groups in total. The zero-order valence-electron chi connectivity index (χ0n) is 10.1. The Morgan fingerprint density at radius 1 is 1.50 bits per heavy atom. The van der Waals surface area contributed by atoms with Crippen LogP contribution in [0.3, 0.4) is 0 Å². The quantitative estimate of drug-likeness (QED) is 0.777. The van der Waals surface area contributed by atoms with Crippen LogP contribution >= 0.6 is 22.6 Å². The molecule has 0 aliphatic carbocycles. The normalized spacial score (nSPS) is 11.9. The van der Waals surface area contributed by atoms with Crippen LogP contribution < -0.4 is 5.32 Å². The highest BCUT2D eigenvalue weighted by atomic mass is 127. The molecule has 0 fully saturated rings. The third-order valence-corrected chi connectivity index (χ3v) is 3.53. The molecule has 5 nitrogen and oxygen atoms in total. The van der Waals surface area contributed by atoms with Gasteiger partial charge < -0.3 is 15.2 Å². The number of nitrogens with one attached hydrogen (secondary N) is 1. The number of hydrogen-bond donors (Lipinski definition) is 2. The molecule has 0 saturated heterocycles. The molecule has 18 heavy (non-hydrogen) atoms. The van der Waals surface area contributed by atoms with Gasteiger partial charge in [0.15, 0.2) is 6.04 Å². The van der Waals surface area contributed by atoms with Gasteiger partial charge in [0.05, 0.1) is 6.61 Å². The molecule has 0 spiro atoms. The van der Waals surface area contributed by atoms with E-state index in [0.29, 0.717) is 5.56 Å². The summed E-state index contributed by atoms with van der Waals surface area (Å²) in [6.45, 7) is 1.87. The fraction of sp³-hybridized carbons (Fsp3) is 0.333. The summed E-state index contributed by atoms with van der Waals surface area (Å²) in [6, 6.07) is 4.17. The second-order valence-corrected chi connectivity index (χ2v) is 4.95. The Morgan fingerprint density at radius 3 is 2.67 bits per heavy atom. The fourth-order valence-corrected chi connectivity index (χ4v) is 1.83. The maximum Gasteiger partial charge on any atom is 0.328 e. The number of carboxylic acid groups (broad SMARTS) is 1. The first-order chi connectivity index (χ1) is 8.45. The summed E-state index contributed by atoms with van der Waals surface area (Å²) in [5.41, 5.74) is 1.51. The van der Waals surface area contributed by atoms with E-state index in [-0.39, 0.29) is 6.61 Å². The molecule has 0 aliphatic heterocycles. The number of benzene rings is 1. The number of carbonyl (C=O) groups is 2. The molecule has 0 saturated carbocycles. The molecule has 6 heteroatoms. The maximum absolute atomic E-state index is 11.9. The van der Waals surface area contributed by atoms with Crippen LogP contribution in [0.1, 0.15) is 15.9 Å². The van der Waals surface area contributed by atoms with Crippen LogP contribution in [0.2, 0.25) is 0 Å². The monoisotopic (exact) mass is 363 g/mol. The van der Waals surface area contributed by atoms with Crippen LogP contribution in [0.5, 0.6) is 0 Å². The Bertz CT molecular complexity index is 461. The van der Waals surface area contributed by atoms with Gasteiger partial charge in [-0.05, 0) is 47.2 Å². The number of amides is 1. The minimum atomic E-state index is -1.12. The standard InChI is InChI=1S/C12H14INO4/c1-7-3-4-8(5-9(7)13)11(15)14-10(6-18-2)12(16)17/h3-5,10H,6H2,1-2H3,(H,14,15)(H,16,17). The Labute approximate surface area is 119 Å². The molecule has 98 valence electrons. The molecule has 1 rings (SSSR count). The van der Waals surface area contributed by atoms with Gasteiger partial charge >= 0.3 is 5.97 Å². The van der Waals surface area contributed by atoms with Gasteiger partial charge in [-0.25, -0.2) is 4.79 Å². The molecule has 0 bridgehead atoms. The first-order valence-corrected chi connectivity index (χ1v) is 6.32. The average Bonchev–Trinajstić information content (AvgIpc) is 2.31. The molecule has 1 atom stereocenters. The Morgan fingerprint density at radius 2 is 2.17 bits per heavy atom. The van der Waals surface area contributed by atoms with E-state index >= 15 is 0 Å². The van der Waals surface area contributed by atoms with Gasteiger partial charge in [0.2, 0.25) is 0 Å². The van der Waals surface area contributed by atoms with Crippen molar-refractivity contribution in [2.45, 2.75) is 13.0 Å². The lowest BCUT2D eigenvalue weighted by Crippen LogP contribution is -2.43. The van der Waals surface area contributed by atoms with E-state index in [9.17, 15) is 9.59 Å². The first kappa shape index (κ1) is 14.9. The highest BCUT2D eigenvalue weighted by molar-refractivity contribution is 14.1. The number of aryl methyl sites for hydroxylation is 1. The van der Waals surface area contributed by atoms with Crippen molar-refractivity contribution < 1.29 is 19.4 Å². The van der Waals surface area contributed by atoms with E-state index in [0.717, 1.165) is 9.13 Å². The van der Waals surface area contributed by atoms with Gasteiger partial charge in [0, 0.05) is 16.2 Å². The van der Waals surface area contributed by atoms with Crippen LogP contribution in [-0.2, 0) is 9.53 Å². The summed E-state index contributed by atoms with van der Waals surface area (Å²) >= 11 is 2.13. The Kier molecular flexibility index (Phi) is 5.54. The molecular formula is C12H14INO4. The van der Waals surface area contributed by atoms with Crippen molar-refractivity contribution in [1.82, 2.24) is 5.32 Å². The van der Waals surface area contributed by atoms with Crippen molar-refractivity contribution in [2.24, 2.45) is 0 Å². The number of hydrogen-bond acceptors (Lipinski definition) is 3. The van der Waals surface area contributed by atoms with E-state index in [1.54, 1.807) is 12.1 Å². The minimum Gasteiger partial charge on any atom is -0.480 e. The predicted molar refractivity (Wildman–Crippen MR) is 74.7 cm³/mol. The number of rotatable bonds is 5. The van der Waals surface area contributed by atoms with E-state index in [2.05, 4.69) is 27.9 Å². The number of halogens is 1. The minimum absolute atomic E-state index is 0.0654. The third-order valence-electron chi connectivity index (χ3n) is 2.37. The lowest BCUT2D eigenvalue weighted by Gasteiger charge is -2.13. The molecule has 0 radical (unpaired) electrons. The van der Waals surface area contributed by atoms with Crippen LogP contribution in [-0.4, -0.2) is 36.7 Å². The summed E-state index contributed by atoms with van der Waals surface area (Å²) in [7, 11) is 1.39. The van der Waals surface area contributed by atoms with E-state index in [1.165, 1.54) is 7.11 Å². The third kappa shape index (κ3) is 3.95. The zero-order chi connectivity index (χ0) is 13.7. The maximum atomic E-state index is 11.9. The van der Waals surface area contributed by atoms with Gasteiger partial charge in [-0.15, -0.1) is 0 Å². The number of carbonyl (C=O) groups excluding carboxylic acids is 1. The van der Waals surface area contributed by atoms with Crippen molar-refractivity contribution in [3.63, 3.8) is 0 Å². The second-order valence-electron chi connectivity index (χ2n) is 3.78. The lowest BCUT2D eigenvalue weighted by atomic mass is 10.1. The number of aliphatic carboxylic acids is 1. The van der Waals surface area contributed by atoms with Crippen molar-refractivity contribution in [3.8, 4) is 0 Å². The topological polar surface area (TPSA) is 75.6 Å². The largest absolute Gasteiger partial charge is 0.480 e. The highest BCUT2D eigenvalue weighted by Crippen LogP contribution is 2.13. The fourth-order valence-electron chi connectivity index (χ4n) is 1.32. The predicted octanol–water partition coefficient (Wildman–Crippen LogP) is 1.43. The molecule has 1 aromatic carbocycles. The summed E-state index contributed by atoms with van der Waals surface area (Å²) in [5.74, 6) is -1.54. The van der Waals surface area contributed by atoms with Crippen LogP contribution in [0, 0.1) is 10.5 Å². The van der Waals surface area contributed by atoms with Gasteiger partial charge in [0.1, 0.15) is 0 Å². The summed E-state index contributed by atoms with van der Waals surface area (Å²) < 4.78 is 5.71. The van der Waals surface area contributed by atoms with Crippen molar-refractivity contribution in [1.29, 1.82) is 0 Å². The highest BCUT2D eigenvalue weighted by Gasteiger charge is 2.20. The molecule has 0 aliphatic rings. The lowest BCUT2D eigenvalue weighted by molar-refractivity contribution is -0.140. The Balaban J connectivity index is 2.80. The summed E-state index contributed by atoms with van der Waals surface area (Å²) in [4.78, 5) is 22.7. The van der Waals surface area contributed by atoms with Gasteiger partial charge in [-0.3, -0.25) is 4.79 Å². The molecule has 0 aromatic heterocycles. The SMILES string of the molecule is COCC(NC(=O)c1ccc(C)c(I)c1)C(=O)O. The van der Waals surface area contributed by atoms with Gasteiger partial charge in [-0.2, -0.15) is 0 Å². The molecule has 1 unspecified atom stereocenters. The number of methoxy groups -OCH3 is 1. The van der Waals surface area contributed by atoms with Crippen molar-refractivity contribution >= 4 is 34.5 Å². The van der Waals surface area contributed by atoms with Crippen LogP contribution in [0.15, 0.2) is 18.2 Å². The number of carboxylic acids is 1. The summed E-state index contributed by atoms with van der Waals surface area (Å²) in [5, 5.41) is 11.3. The van der Waals surface area contributed by atoms with Gasteiger partial charge in [0.25, 0.3) is 5.91 Å². The molecule has 1 amide bonds.